The Labute approximate surface area is 335 Å². The van der Waals surface area contributed by atoms with Crippen molar-refractivity contribution in [3.63, 3.8) is 0 Å². The molecule has 1 nitrogen and oxygen atoms in total. The molecule has 4 aliphatic rings. The average molecular weight is 730 g/mol. The number of rotatable bonds is 5. The van der Waals surface area contributed by atoms with Gasteiger partial charge in [0, 0.05) is 29.8 Å². The van der Waals surface area contributed by atoms with Crippen LogP contribution in [0.5, 0.6) is 0 Å². The number of fused-ring (bicyclic) bond motifs is 15. The highest BCUT2D eigenvalue weighted by molar-refractivity contribution is 5.91. The zero-order valence-electron chi connectivity index (χ0n) is 32.5. The maximum atomic E-state index is 2.69. The van der Waals surface area contributed by atoms with Crippen LogP contribution in [-0.4, -0.2) is 0 Å². The van der Waals surface area contributed by atoms with Gasteiger partial charge >= 0.3 is 0 Å². The summed E-state index contributed by atoms with van der Waals surface area (Å²) < 4.78 is 0. The second-order valence-electron chi connectivity index (χ2n) is 17.2. The highest BCUT2D eigenvalue weighted by Crippen LogP contribution is 2.59. The number of hydrogen-bond acceptors (Lipinski definition) is 1. The van der Waals surface area contributed by atoms with Crippen LogP contribution < -0.4 is 4.90 Å². The SMILES string of the molecule is CC1(C)c2ccccc2-c2c(N(Cc3ccc4c(c3)C3(c5ccccc5C4)c4ccccc4-c4ccccc43)Cc3cccc4c3-c3ccccc3C4)cccc21. The van der Waals surface area contributed by atoms with Gasteiger partial charge in [-0.1, -0.05) is 184 Å². The van der Waals surface area contributed by atoms with Gasteiger partial charge in [0.2, 0.25) is 0 Å². The van der Waals surface area contributed by atoms with Crippen LogP contribution in [0.1, 0.15) is 80.6 Å². The first-order valence-electron chi connectivity index (χ1n) is 20.6. The van der Waals surface area contributed by atoms with Crippen molar-refractivity contribution in [2.24, 2.45) is 0 Å². The summed E-state index contributed by atoms with van der Waals surface area (Å²) in [4.78, 5) is 2.69. The molecule has 272 valence electrons. The molecule has 0 saturated carbocycles. The van der Waals surface area contributed by atoms with Crippen LogP contribution >= 0.6 is 0 Å². The molecule has 1 spiro atoms. The van der Waals surface area contributed by atoms with Gasteiger partial charge in [-0.25, -0.2) is 0 Å². The average Bonchev–Trinajstić information content (AvgIpc) is 3.86. The third kappa shape index (κ3) is 4.52. The smallest absolute Gasteiger partial charge is 0.0719 e. The molecule has 0 atom stereocenters. The van der Waals surface area contributed by atoms with Crippen molar-refractivity contribution >= 4 is 5.69 Å². The lowest BCUT2D eigenvalue weighted by Crippen LogP contribution is -2.34. The van der Waals surface area contributed by atoms with Crippen LogP contribution in [0.15, 0.2) is 176 Å². The summed E-state index contributed by atoms with van der Waals surface area (Å²) in [6.07, 6.45) is 1.94. The number of benzene rings is 8. The van der Waals surface area contributed by atoms with Crippen LogP contribution in [-0.2, 0) is 36.8 Å². The summed E-state index contributed by atoms with van der Waals surface area (Å²) in [5, 5.41) is 0. The molecule has 0 N–H and O–H groups in total. The second-order valence-corrected chi connectivity index (χ2v) is 17.2. The molecular weight excluding hydrogens is 687 g/mol. The van der Waals surface area contributed by atoms with Crippen molar-refractivity contribution in [1.82, 2.24) is 0 Å². The van der Waals surface area contributed by atoms with Crippen molar-refractivity contribution in [3.05, 3.63) is 243 Å². The van der Waals surface area contributed by atoms with Gasteiger partial charge in [-0.05, 0) is 113 Å². The Bertz CT molecular complexity index is 2920. The summed E-state index contributed by atoms with van der Waals surface area (Å²) in [6, 6.07) is 67.1. The van der Waals surface area contributed by atoms with E-state index in [-0.39, 0.29) is 10.8 Å². The molecule has 12 rings (SSSR count). The highest BCUT2D eigenvalue weighted by Gasteiger charge is 2.49. The van der Waals surface area contributed by atoms with E-state index in [4.69, 9.17) is 0 Å². The Balaban J connectivity index is 1.06. The van der Waals surface area contributed by atoms with Crippen LogP contribution in [0.3, 0.4) is 0 Å². The Morgan fingerprint density at radius 1 is 0.404 bits per heavy atom. The lowest BCUT2D eigenvalue weighted by atomic mass is 9.61. The van der Waals surface area contributed by atoms with Gasteiger partial charge < -0.3 is 4.90 Å². The van der Waals surface area contributed by atoms with E-state index in [1.807, 2.05) is 0 Å². The number of anilines is 1. The van der Waals surface area contributed by atoms with E-state index >= 15 is 0 Å². The fourth-order valence-corrected chi connectivity index (χ4v) is 11.5. The van der Waals surface area contributed by atoms with Crippen molar-refractivity contribution < 1.29 is 0 Å². The topological polar surface area (TPSA) is 3.24 Å². The van der Waals surface area contributed by atoms with E-state index in [1.54, 1.807) is 0 Å². The lowest BCUT2D eigenvalue weighted by Gasteiger charge is -2.40. The molecule has 8 aromatic carbocycles. The minimum atomic E-state index is -0.376. The van der Waals surface area contributed by atoms with Crippen LogP contribution in [0, 0.1) is 0 Å². The van der Waals surface area contributed by atoms with Gasteiger partial charge in [0.1, 0.15) is 0 Å². The zero-order chi connectivity index (χ0) is 37.9. The molecular formula is C56H43N. The van der Waals surface area contributed by atoms with Gasteiger partial charge in [0.05, 0.1) is 5.41 Å². The predicted molar refractivity (Wildman–Crippen MR) is 235 cm³/mol. The molecule has 0 aliphatic heterocycles. The molecule has 57 heavy (non-hydrogen) atoms. The van der Waals surface area contributed by atoms with E-state index in [2.05, 4.69) is 195 Å². The molecule has 8 aromatic rings. The van der Waals surface area contributed by atoms with Crippen LogP contribution in [0.4, 0.5) is 5.69 Å². The predicted octanol–water partition coefficient (Wildman–Crippen LogP) is 13.0. The summed E-state index contributed by atoms with van der Waals surface area (Å²) in [7, 11) is 0. The second kappa shape index (κ2) is 12.0. The maximum Gasteiger partial charge on any atom is 0.0719 e. The normalized spacial score (nSPS) is 15.1. The monoisotopic (exact) mass is 729 g/mol. The standard InChI is InChI=1S/C56H43N/c1-55(2)47-24-10-8-22-45(47)54-50(55)27-14-28-52(54)57(35-41-18-13-17-40-32-37-15-3-5-19-42(37)53(40)41)34-36-29-30-39-33-38-16-4-9-23-46(38)56(51(39)31-36)48-25-11-6-20-43(48)44-21-7-12-26-49(44)56/h3-31H,32-35H2,1-2H3. The van der Waals surface area contributed by atoms with Gasteiger partial charge in [-0.2, -0.15) is 0 Å². The number of nitrogens with zero attached hydrogens (tertiary/aromatic N) is 1. The highest BCUT2D eigenvalue weighted by atomic mass is 15.1. The van der Waals surface area contributed by atoms with Crippen molar-refractivity contribution in [3.8, 4) is 33.4 Å². The molecule has 0 fully saturated rings. The van der Waals surface area contributed by atoms with E-state index in [0.29, 0.717) is 0 Å². The first-order chi connectivity index (χ1) is 28.0. The van der Waals surface area contributed by atoms with E-state index in [1.165, 1.54) is 106 Å². The van der Waals surface area contributed by atoms with Crippen LogP contribution in [0.25, 0.3) is 33.4 Å². The fourth-order valence-electron chi connectivity index (χ4n) is 11.5. The molecule has 0 aromatic heterocycles. The van der Waals surface area contributed by atoms with E-state index in [9.17, 15) is 0 Å². The molecule has 0 unspecified atom stereocenters. The van der Waals surface area contributed by atoms with E-state index < -0.39 is 0 Å². The molecule has 1 heteroatoms. The molecule has 4 aliphatic carbocycles. The van der Waals surface area contributed by atoms with Gasteiger partial charge in [0.25, 0.3) is 0 Å². The fraction of sp³-hybridized carbons (Fsp3) is 0.143. The zero-order valence-corrected chi connectivity index (χ0v) is 32.5. The van der Waals surface area contributed by atoms with Gasteiger partial charge in [0.15, 0.2) is 0 Å². The van der Waals surface area contributed by atoms with Crippen LogP contribution in [0.2, 0.25) is 0 Å². The van der Waals surface area contributed by atoms with E-state index in [0.717, 1.165) is 25.9 Å². The summed E-state index contributed by atoms with van der Waals surface area (Å²) in [5.41, 5.74) is 26.0. The molecule has 0 amide bonds. The van der Waals surface area contributed by atoms with Gasteiger partial charge in [-0.15, -0.1) is 0 Å². The first-order valence-corrected chi connectivity index (χ1v) is 20.6. The minimum absolute atomic E-state index is 0.0740. The number of hydrogen-bond donors (Lipinski definition) is 0. The van der Waals surface area contributed by atoms with Crippen molar-refractivity contribution in [2.75, 3.05) is 4.90 Å². The lowest BCUT2D eigenvalue weighted by molar-refractivity contribution is 0.660. The maximum absolute atomic E-state index is 2.69. The first kappa shape index (κ1) is 32.8. The minimum Gasteiger partial charge on any atom is -0.362 e. The summed E-state index contributed by atoms with van der Waals surface area (Å²) in [6.45, 7) is 6.39. The van der Waals surface area contributed by atoms with Crippen molar-refractivity contribution in [1.29, 1.82) is 0 Å². The largest absolute Gasteiger partial charge is 0.362 e. The molecule has 0 heterocycles. The molecule has 0 radical (unpaired) electrons. The Kier molecular flexibility index (Phi) is 6.92. The molecule has 0 bridgehead atoms. The quantitative estimate of drug-likeness (QED) is 0.170. The Hall–Kier alpha value is -6.44. The summed E-state index contributed by atoms with van der Waals surface area (Å²) in [5.74, 6) is 0. The summed E-state index contributed by atoms with van der Waals surface area (Å²) >= 11 is 0. The van der Waals surface area contributed by atoms with Crippen molar-refractivity contribution in [2.45, 2.75) is 50.6 Å². The van der Waals surface area contributed by atoms with Gasteiger partial charge in [-0.3, -0.25) is 0 Å². The molecule has 0 saturated heterocycles. The Morgan fingerprint density at radius 2 is 0.965 bits per heavy atom. The third-order valence-electron chi connectivity index (χ3n) is 13.9. The Morgan fingerprint density at radius 3 is 1.74 bits per heavy atom. The third-order valence-corrected chi connectivity index (χ3v) is 13.9.